The summed E-state index contributed by atoms with van der Waals surface area (Å²) in [6.07, 6.45) is 1.27. The minimum Gasteiger partial charge on any atom is -0.478 e. The Labute approximate surface area is 100.0 Å². The number of anilines is 1. The van der Waals surface area contributed by atoms with Crippen LogP contribution in [-0.2, 0) is 10.0 Å². The van der Waals surface area contributed by atoms with Crippen LogP contribution >= 0.6 is 0 Å². The fourth-order valence-corrected chi connectivity index (χ4v) is 2.16. The Morgan fingerprint density at radius 1 is 1.47 bits per heavy atom. The van der Waals surface area contributed by atoms with Crippen molar-refractivity contribution in [3.8, 4) is 0 Å². The zero-order valence-electron chi connectivity index (χ0n) is 9.78. The van der Waals surface area contributed by atoms with Crippen LogP contribution in [0, 0.1) is 0 Å². The van der Waals surface area contributed by atoms with Crippen molar-refractivity contribution in [2.45, 2.75) is 19.1 Å². The molecule has 1 heterocycles. The Hall–Kier alpha value is -1.63. The molecule has 0 aliphatic heterocycles. The first kappa shape index (κ1) is 13.4. The van der Waals surface area contributed by atoms with Gasteiger partial charge in [-0.05, 0) is 26.0 Å². The predicted molar refractivity (Wildman–Crippen MR) is 63.7 cm³/mol. The van der Waals surface area contributed by atoms with Crippen molar-refractivity contribution < 1.29 is 18.3 Å². The molecule has 6 nitrogen and oxygen atoms in total. The van der Waals surface area contributed by atoms with E-state index in [-0.39, 0.29) is 11.4 Å². The Kier molecular flexibility index (Phi) is 3.72. The van der Waals surface area contributed by atoms with Gasteiger partial charge in [0, 0.05) is 13.2 Å². The van der Waals surface area contributed by atoms with Gasteiger partial charge in [-0.1, -0.05) is 0 Å². The van der Waals surface area contributed by atoms with Crippen molar-refractivity contribution in [1.82, 2.24) is 4.98 Å². The van der Waals surface area contributed by atoms with E-state index in [2.05, 4.69) is 4.98 Å². The summed E-state index contributed by atoms with van der Waals surface area (Å²) in [4.78, 5) is 14.6. The molecule has 0 radical (unpaired) electrons. The van der Waals surface area contributed by atoms with E-state index in [1.807, 2.05) is 0 Å². The molecule has 0 unspecified atom stereocenters. The van der Waals surface area contributed by atoms with Crippen molar-refractivity contribution in [2.24, 2.45) is 0 Å². The van der Waals surface area contributed by atoms with Gasteiger partial charge < -0.3 is 5.11 Å². The lowest BCUT2D eigenvalue weighted by Gasteiger charge is -2.20. The van der Waals surface area contributed by atoms with Gasteiger partial charge in [0.15, 0.2) is 0 Å². The molecule has 0 fully saturated rings. The average Bonchev–Trinajstić information content (AvgIpc) is 2.27. The molecule has 1 rings (SSSR count). The van der Waals surface area contributed by atoms with E-state index in [1.54, 1.807) is 13.8 Å². The molecule has 0 amide bonds. The maximum atomic E-state index is 11.9. The molecule has 1 aromatic rings. The SMILES string of the molecule is CC(C)S(=O)(=O)N(C)c1cc(C(=O)O)ccn1. The van der Waals surface area contributed by atoms with E-state index in [0.29, 0.717) is 0 Å². The van der Waals surface area contributed by atoms with Gasteiger partial charge in [-0.25, -0.2) is 18.2 Å². The molecule has 1 aromatic heterocycles. The van der Waals surface area contributed by atoms with E-state index >= 15 is 0 Å². The number of nitrogens with zero attached hydrogens (tertiary/aromatic N) is 2. The van der Waals surface area contributed by atoms with E-state index in [4.69, 9.17) is 5.11 Å². The summed E-state index contributed by atoms with van der Waals surface area (Å²) in [5.41, 5.74) is 0.000746. The quantitative estimate of drug-likeness (QED) is 0.868. The molecule has 0 aliphatic carbocycles. The number of aromatic carboxylic acids is 1. The van der Waals surface area contributed by atoms with E-state index in [9.17, 15) is 13.2 Å². The van der Waals surface area contributed by atoms with Gasteiger partial charge in [0.1, 0.15) is 5.82 Å². The first-order chi connectivity index (χ1) is 7.76. The van der Waals surface area contributed by atoms with Crippen LogP contribution in [0.5, 0.6) is 0 Å². The second-order valence-corrected chi connectivity index (χ2v) is 6.29. The molecule has 0 saturated heterocycles. The number of carboxylic acid groups (broad SMARTS) is 1. The van der Waals surface area contributed by atoms with Gasteiger partial charge in [-0.3, -0.25) is 4.31 Å². The number of rotatable bonds is 4. The minimum absolute atomic E-state index is 0.000746. The van der Waals surface area contributed by atoms with Gasteiger partial charge in [0.25, 0.3) is 0 Å². The topological polar surface area (TPSA) is 87.6 Å². The lowest BCUT2D eigenvalue weighted by Crippen LogP contribution is -2.33. The molecule has 0 saturated carbocycles. The molecule has 94 valence electrons. The molecule has 0 spiro atoms. The average molecular weight is 258 g/mol. The summed E-state index contributed by atoms with van der Waals surface area (Å²) < 4.78 is 24.7. The van der Waals surface area contributed by atoms with Crippen LogP contribution < -0.4 is 4.31 Å². The standard InChI is InChI=1S/C10H14N2O4S/c1-7(2)17(15,16)12(3)9-6-8(10(13)14)4-5-11-9/h4-7H,1-3H3,(H,13,14). The lowest BCUT2D eigenvalue weighted by atomic mass is 10.3. The molecule has 17 heavy (non-hydrogen) atoms. The third kappa shape index (κ3) is 2.73. The second-order valence-electron chi connectivity index (χ2n) is 3.77. The third-order valence-electron chi connectivity index (χ3n) is 2.29. The van der Waals surface area contributed by atoms with Crippen LogP contribution in [0.2, 0.25) is 0 Å². The normalized spacial score (nSPS) is 11.5. The molecule has 0 atom stereocenters. The van der Waals surface area contributed by atoms with Crippen LogP contribution in [0.15, 0.2) is 18.3 Å². The third-order valence-corrected chi connectivity index (χ3v) is 4.43. The van der Waals surface area contributed by atoms with Crippen LogP contribution in [0.1, 0.15) is 24.2 Å². The highest BCUT2D eigenvalue weighted by molar-refractivity contribution is 7.93. The molecule has 0 aliphatic rings. The summed E-state index contributed by atoms with van der Waals surface area (Å²) in [6.45, 7) is 3.10. The maximum Gasteiger partial charge on any atom is 0.335 e. The summed E-state index contributed by atoms with van der Waals surface area (Å²) in [5.74, 6) is -1.03. The van der Waals surface area contributed by atoms with Crippen molar-refractivity contribution in [3.05, 3.63) is 23.9 Å². The molecular formula is C10H14N2O4S. The number of carbonyl (C=O) groups is 1. The monoisotopic (exact) mass is 258 g/mol. The summed E-state index contributed by atoms with van der Waals surface area (Å²) in [5, 5.41) is 8.21. The lowest BCUT2D eigenvalue weighted by molar-refractivity contribution is 0.0697. The smallest absolute Gasteiger partial charge is 0.335 e. The summed E-state index contributed by atoms with van der Waals surface area (Å²) in [7, 11) is -2.14. The number of sulfonamides is 1. The number of hydrogen-bond donors (Lipinski definition) is 1. The molecule has 0 bridgehead atoms. The molecular weight excluding hydrogens is 244 g/mol. The summed E-state index contributed by atoms with van der Waals surface area (Å²) in [6, 6.07) is 2.53. The Morgan fingerprint density at radius 2 is 2.06 bits per heavy atom. The van der Waals surface area contributed by atoms with Crippen LogP contribution in [0.4, 0.5) is 5.82 Å². The maximum absolute atomic E-state index is 11.9. The first-order valence-electron chi connectivity index (χ1n) is 4.94. The van der Waals surface area contributed by atoms with Crippen LogP contribution in [0.25, 0.3) is 0 Å². The van der Waals surface area contributed by atoms with Crippen molar-refractivity contribution in [1.29, 1.82) is 0 Å². The van der Waals surface area contributed by atoms with Crippen LogP contribution in [-0.4, -0.2) is 36.8 Å². The van der Waals surface area contributed by atoms with E-state index in [0.717, 1.165) is 4.31 Å². The zero-order valence-corrected chi connectivity index (χ0v) is 10.6. The highest BCUT2D eigenvalue weighted by Gasteiger charge is 2.23. The number of hydrogen-bond acceptors (Lipinski definition) is 4. The number of carboxylic acids is 1. The van der Waals surface area contributed by atoms with Crippen molar-refractivity contribution in [3.63, 3.8) is 0 Å². The second kappa shape index (κ2) is 4.70. The van der Waals surface area contributed by atoms with Crippen LogP contribution in [0.3, 0.4) is 0 Å². The number of aromatic nitrogens is 1. The minimum atomic E-state index is -3.49. The predicted octanol–water partition coefficient (Wildman–Crippen LogP) is 0.954. The Morgan fingerprint density at radius 3 is 2.53 bits per heavy atom. The van der Waals surface area contributed by atoms with Gasteiger partial charge in [0.2, 0.25) is 10.0 Å². The largest absolute Gasteiger partial charge is 0.478 e. The van der Waals surface area contributed by atoms with Gasteiger partial charge in [-0.2, -0.15) is 0 Å². The Bertz CT molecular complexity index is 525. The van der Waals surface area contributed by atoms with Gasteiger partial charge >= 0.3 is 5.97 Å². The fourth-order valence-electron chi connectivity index (χ4n) is 1.17. The Balaban J connectivity index is 3.18. The van der Waals surface area contributed by atoms with Gasteiger partial charge in [0.05, 0.1) is 10.8 Å². The first-order valence-corrected chi connectivity index (χ1v) is 6.44. The molecule has 1 N–H and O–H groups in total. The van der Waals surface area contributed by atoms with Crippen molar-refractivity contribution >= 4 is 21.8 Å². The highest BCUT2D eigenvalue weighted by atomic mass is 32.2. The molecule has 0 aromatic carbocycles. The fraction of sp³-hybridized carbons (Fsp3) is 0.400. The zero-order chi connectivity index (χ0) is 13.2. The highest BCUT2D eigenvalue weighted by Crippen LogP contribution is 2.17. The number of pyridine rings is 1. The summed E-state index contributed by atoms with van der Waals surface area (Å²) >= 11 is 0. The van der Waals surface area contributed by atoms with Gasteiger partial charge in [-0.15, -0.1) is 0 Å². The van der Waals surface area contributed by atoms with E-state index < -0.39 is 21.2 Å². The van der Waals surface area contributed by atoms with Crippen molar-refractivity contribution in [2.75, 3.05) is 11.4 Å². The molecule has 7 heteroatoms. The van der Waals surface area contributed by atoms with E-state index in [1.165, 1.54) is 25.4 Å².